The second kappa shape index (κ2) is 7.03. The molecular formula is C19H20N6O. The highest BCUT2D eigenvalue weighted by molar-refractivity contribution is 5.57. The van der Waals surface area contributed by atoms with E-state index in [0.717, 1.165) is 42.2 Å². The summed E-state index contributed by atoms with van der Waals surface area (Å²) in [7, 11) is 0. The Labute approximate surface area is 151 Å². The molecule has 7 heteroatoms. The maximum absolute atomic E-state index is 12.3. The van der Waals surface area contributed by atoms with E-state index in [0.29, 0.717) is 6.54 Å². The highest BCUT2D eigenvalue weighted by Gasteiger charge is 2.27. The van der Waals surface area contributed by atoms with Crippen molar-refractivity contribution in [1.29, 1.82) is 0 Å². The fourth-order valence-corrected chi connectivity index (χ4v) is 3.28. The quantitative estimate of drug-likeness (QED) is 0.718. The first-order valence-electron chi connectivity index (χ1n) is 8.74. The number of aromatic nitrogens is 5. The standard InChI is InChI=1S/C19H20N6O/c1-14-11-21-19(22-12-14)24-10-2-3-16(24)13-25-18(26)5-4-17(23-25)15-6-8-20-9-7-15/h4-9,11-12,16H,2-3,10,13H2,1H3. The van der Waals surface area contributed by atoms with Gasteiger partial charge in [0, 0.05) is 43.0 Å². The molecule has 0 bridgehead atoms. The molecule has 1 atom stereocenters. The Balaban J connectivity index is 1.60. The van der Waals surface area contributed by atoms with Crippen molar-refractivity contribution in [2.45, 2.75) is 32.4 Å². The van der Waals surface area contributed by atoms with Crippen LogP contribution in [0.25, 0.3) is 11.3 Å². The molecule has 4 heterocycles. The van der Waals surface area contributed by atoms with E-state index < -0.39 is 0 Å². The summed E-state index contributed by atoms with van der Waals surface area (Å²) in [5.41, 5.74) is 2.65. The lowest BCUT2D eigenvalue weighted by Gasteiger charge is -2.24. The molecule has 3 aromatic rings. The molecule has 0 N–H and O–H groups in total. The zero-order chi connectivity index (χ0) is 17.9. The zero-order valence-electron chi connectivity index (χ0n) is 14.6. The Morgan fingerprint density at radius 2 is 1.88 bits per heavy atom. The summed E-state index contributed by atoms with van der Waals surface area (Å²) in [6.45, 7) is 3.39. The van der Waals surface area contributed by atoms with Crippen molar-refractivity contribution < 1.29 is 0 Å². The largest absolute Gasteiger partial charge is 0.336 e. The van der Waals surface area contributed by atoms with Gasteiger partial charge in [-0.25, -0.2) is 14.6 Å². The summed E-state index contributed by atoms with van der Waals surface area (Å²) in [4.78, 5) is 27.4. The first-order chi connectivity index (χ1) is 12.7. The van der Waals surface area contributed by atoms with Crippen molar-refractivity contribution in [3.63, 3.8) is 0 Å². The van der Waals surface area contributed by atoms with Crippen LogP contribution in [0.3, 0.4) is 0 Å². The van der Waals surface area contributed by atoms with Gasteiger partial charge < -0.3 is 4.90 Å². The molecule has 0 saturated carbocycles. The molecular weight excluding hydrogens is 328 g/mol. The minimum Gasteiger partial charge on any atom is -0.336 e. The van der Waals surface area contributed by atoms with Crippen molar-refractivity contribution >= 4 is 5.95 Å². The summed E-state index contributed by atoms with van der Waals surface area (Å²) in [5.74, 6) is 0.719. The second-order valence-corrected chi connectivity index (χ2v) is 6.52. The van der Waals surface area contributed by atoms with Gasteiger partial charge in [0.05, 0.1) is 18.3 Å². The van der Waals surface area contributed by atoms with Crippen LogP contribution in [0.2, 0.25) is 0 Å². The number of rotatable bonds is 4. The van der Waals surface area contributed by atoms with Gasteiger partial charge in [0.1, 0.15) is 0 Å². The number of nitrogens with zero attached hydrogens (tertiary/aromatic N) is 6. The van der Waals surface area contributed by atoms with Gasteiger partial charge in [-0.3, -0.25) is 9.78 Å². The molecule has 0 radical (unpaired) electrons. The number of pyridine rings is 1. The van der Waals surface area contributed by atoms with Crippen LogP contribution in [0.4, 0.5) is 5.95 Å². The van der Waals surface area contributed by atoms with E-state index in [9.17, 15) is 4.79 Å². The lowest BCUT2D eigenvalue weighted by molar-refractivity contribution is 0.487. The first-order valence-corrected chi connectivity index (χ1v) is 8.74. The Hall–Kier alpha value is -3.09. The van der Waals surface area contributed by atoms with Crippen LogP contribution in [0.15, 0.2) is 53.8 Å². The van der Waals surface area contributed by atoms with Gasteiger partial charge in [-0.15, -0.1) is 0 Å². The summed E-state index contributed by atoms with van der Waals surface area (Å²) in [5, 5.41) is 4.56. The fraction of sp³-hybridized carbons (Fsp3) is 0.316. The predicted molar refractivity (Wildman–Crippen MR) is 98.9 cm³/mol. The van der Waals surface area contributed by atoms with Gasteiger partial charge in [0.2, 0.25) is 5.95 Å². The minimum absolute atomic E-state index is 0.0977. The lowest BCUT2D eigenvalue weighted by Crippen LogP contribution is -2.38. The molecule has 0 spiro atoms. The van der Waals surface area contributed by atoms with E-state index >= 15 is 0 Å². The SMILES string of the molecule is Cc1cnc(N2CCCC2Cn2nc(-c3ccncc3)ccc2=O)nc1. The molecule has 0 aromatic carbocycles. The number of hydrogen-bond donors (Lipinski definition) is 0. The number of hydrogen-bond acceptors (Lipinski definition) is 6. The van der Waals surface area contributed by atoms with Crippen LogP contribution < -0.4 is 10.5 Å². The predicted octanol–water partition coefficient (Wildman–Crippen LogP) is 2.07. The van der Waals surface area contributed by atoms with Crippen LogP contribution in [0.1, 0.15) is 18.4 Å². The summed E-state index contributed by atoms with van der Waals surface area (Å²) < 4.78 is 1.55. The molecule has 26 heavy (non-hydrogen) atoms. The average molecular weight is 348 g/mol. The fourth-order valence-electron chi connectivity index (χ4n) is 3.28. The number of anilines is 1. The maximum Gasteiger partial charge on any atom is 0.266 e. The smallest absolute Gasteiger partial charge is 0.266 e. The van der Waals surface area contributed by atoms with Crippen LogP contribution >= 0.6 is 0 Å². The molecule has 4 rings (SSSR count). The highest BCUT2D eigenvalue weighted by Crippen LogP contribution is 2.23. The van der Waals surface area contributed by atoms with E-state index in [1.807, 2.05) is 31.5 Å². The highest BCUT2D eigenvalue weighted by atomic mass is 16.1. The molecule has 7 nitrogen and oxygen atoms in total. The van der Waals surface area contributed by atoms with Gasteiger partial charge in [0.25, 0.3) is 5.56 Å². The van der Waals surface area contributed by atoms with Gasteiger partial charge in [0.15, 0.2) is 0 Å². The first kappa shape index (κ1) is 16.4. The molecule has 3 aromatic heterocycles. The summed E-state index contributed by atoms with van der Waals surface area (Å²) in [6, 6.07) is 7.27. The normalized spacial score (nSPS) is 16.8. The Bertz CT molecular complexity index is 938. The van der Waals surface area contributed by atoms with E-state index in [1.165, 1.54) is 0 Å². The molecule has 132 valence electrons. The van der Waals surface area contributed by atoms with Crippen LogP contribution in [-0.2, 0) is 6.54 Å². The van der Waals surface area contributed by atoms with Crippen LogP contribution in [-0.4, -0.2) is 37.3 Å². The van der Waals surface area contributed by atoms with E-state index in [-0.39, 0.29) is 11.6 Å². The number of aryl methyl sites for hydroxylation is 1. The minimum atomic E-state index is -0.0977. The van der Waals surface area contributed by atoms with Crippen molar-refractivity contribution in [3.05, 3.63) is 65.0 Å². The molecule has 0 amide bonds. The van der Waals surface area contributed by atoms with E-state index in [2.05, 4.69) is 25.0 Å². The van der Waals surface area contributed by atoms with Gasteiger partial charge in [-0.05, 0) is 43.5 Å². The second-order valence-electron chi connectivity index (χ2n) is 6.52. The van der Waals surface area contributed by atoms with E-state index in [4.69, 9.17) is 0 Å². The Morgan fingerprint density at radius 1 is 1.12 bits per heavy atom. The van der Waals surface area contributed by atoms with Crippen molar-refractivity contribution in [2.24, 2.45) is 0 Å². The average Bonchev–Trinajstić information content (AvgIpc) is 3.13. The molecule has 1 aliphatic heterocycles. The van der Waals surface area contributed by atoms with Crippen LogP contribution in [0, 0.1) is 6.92 Å². The molecule has 1 aliphatic rings. The van der Waals surface area contributed by atoms with Crippen molar-refractivity contribution in [1.82, 2.24) is 24.7 Å². The lowest BCUT2D eigenvalue weighted by atomic mass is 10.2. The Morgan fingerprint density at radius 3 is 2.65 bits per heavy atom. The third-order valence-electron chi connectivity index (χ3n) is 4.63. The van der Waals surface area contributed by atoms with Crippen LogP contribution in [0.5, 0.6) is 0 Å². The molecule has 1 saturated heterocycles. The van der Waals surface area contributed by atoms with E-state index in [1.54, 1.807) is 29.2 Å². The molecule has 0 aliphatic carbocycles. The molecule has 1 fully saturated rings. The Kier molecular flexibility index (Phi) is 4.43. The zero-order valence-corrected chi connectivity index (χ0v) is 14.6. The third kappa shape index (κ3) is 3.33. The van der Waals surface area contributed by atoms with Crippen molar-refractivity contribution in [2.75, 3.05) is 11.4 Å². The topological polar surface area (TPSA) is 76.8 Å². The monoisotopic (exact) mass is 348 g/mol. The molecule has 1 unspecified atom stereocenters. The van der Waals surface area contributed by atoms with Gasteiger partial charge in [-0.2, -0.15) is 5.10 Å². The van der Waals surface area contributed by atoms with Gasteiger partial charge in [-0.1, -0.05) is 0 Å². The maximum atomic E-state index is 12.3. The van der Waals surface area contributed by atoms with Gasteiger partial charge >= 0.3 is 0 Å². The third-order valence-corrected chi connectivity index (χ3v) is 4.63. The summed E-state index contributed by atoms with van der Waals surface area (Å²) in [6.07, 6.45) is 9.14. The summed E-state index contributed by atoms with van der Waals surface area (Å²) >= 11 is 0. The van der Waals surface area contributed by atoms with Crippen molar-refractivity contribution in [3.8, 4) is 11.3 Å².